The molecule has 1 amide bonds. The summed E-state index contributed by atoms with van der Waals surface area (Å²) in [4.78, 5) is 12.3. The number of halogens is 1. The molecule has 1 aliphatic rings. The van der Waals surface area contributed by atoms with E-state index in [0.29, 0.717) is 17.3 Å². The zero-order chi connectivity index (χ0) is 17.4. The number of amides is 1. The van der Waals surface area contributed by atoms with E-state index >= 15 is 0 Å². The maximum Gasteiger partial charge on any atom is 0.226 e. The molecule has 3 aromatic rings. The van der Waals surface area contributed by atoms with E-state index in [2.05, 4.69) is 10.4 Å². The molecule has 1 N–H and O–H groups in total. The lowest BCUT2D eigenvalue weighted by atomic mass is 9.87. The van der Waals surface area contributed by atoms with Gasteiger partial charge in [-0.1, -0.05) is 23.7 Å². The molecule has 2 aromatic carbocycles. The Kier molecular flexibility index (Phi) is 3.93. The molecule has 0 fully saturated rings. The molecule has 0 unspecified atom stereocenters. The summed E-state index contributed by atoms with van der Waals surface area (Å²) in [5.74, 6) is 1.39. The molecule has 1 atom stereocenters. The first-order valence-corrected chi connectivity index (χ1v) is 8.31. The van der Waals surface area contributed by atoms with Gasteiger partial charge in [-0.2, -0.15) is 5.10 Å². The number of hydrogen-bond acceptors (Lipinski definition) is 3. The average Bonchev–Trinajstić information content (AvgIpc) is 3.05. The number of carbonyl (C=O) groups is 1. The minimum absolute atomic E-state index is 0.0315. The molecule has 4 rings (SSSR count). The highest BCUT2D eigenvalue weighted by Gasteiger charge is 2.30. The van der Waals surface area contributed by atoms with Gasteiger partial charge in [0.05, 0.1) is 19.0 Å². The van der Waals surface area contributed by atoms with Crippen molar-refractivity contribution >= 4 is 23.3 Å². The van der Waals surface area contributed by atoms with Gasteiger partial charge in [0.2, 0.25) is 5.91 Å². The number of anilines is 1. The molecule has 0 saturated carbocycles. The van der Waals surface area contributed by atoms with Gasteiger partial charge >= 0.3 is 0 Å². The van der Waals surface area contributed by atoms with Gasteiger partial charge in [-0.25, -0.2) is 4.68 Å². The first-order valence-electron chi connectivity index (χ1n) is 7.93. The Balaban J connectivity index is 1.79. The molecule has 1 aromatic heterocycles. The van der Waals surface area contributed by atoms with E-state index in [4.69, 9.17) is 16.3 Å². The van der Waals surface area contributed by atoms with Gasteiger partial charge in [-0.3, -0.25) is 4.79 Å². The van der Waals surface area contributed by atoms with Crippen molar-refractivity contribution in [1.82, 2.24) is 9.78 Å². The third-order valence-corrected chi connectivity index (χ3v) is 4.64. The van der Waals surface area contributed by atoms with Crippen molar-refractivity contribution in [2.75, 3.05) is 12.4 Å². The minimum Gasteiger partial charge on any atom is -0.497 e. The predicted octanol–water partition coefficient (Wildman–Crippen LogP) is 4.01. The molecule has 25 heavy (non-hydrogen) atoms. The quantitative estimate of drug-likeness (QED) is 0.774. The fraction of sp³-hybridized carbons (Fsp3) is 0.158. The third-order valence-electron chi connectivity index (χ3n) is 4.39. The highest BCUT2D eigenvalue weighted by molar-refractivity contribution is 6.30. The molecule has 0 saturated heterocycles. The van der Waals surface area contributed by atoms with Crippen molar-refractivity contribution in [2.24, 2.45) is 0 Å². The highest BCUT2D eigenvalue weighted by atomic mass is 35.5. The number of aromatic nitrogens is 2. The monoisotopic (exact) mass is 353 g/mol. The van der Waals surface area contributed by atoms with Crippen molar-refractivity contribution in [3.05, 3.63) is 70.9 Å². The van der Waals surface area contributed by atoms with Crippen LogP contribution in [0.1, 0.15) is 23.5 Å². The molecular formula is C19H16ClN3O2. The van der Waals surface area contributed by atoms with Gasteiger partial charge in [0.1, 0.15) is 11.6 Å². The van der Waals surface area contributed by atoms with Gasteiger partial charge in [0.15, 0.2) is 0 Å². The zero-order valence-corrected chi connectivity index (χ0v) is 14.3. The first kappa shape index (κ1) is 15.7. The number of benzene rings is 2. The number of hydrogen-bond donors (Lipinski definition) is 1. The summed E-state index contributed by atoms with van der Waals surface area (Å²) in [7, 11) is 1.64. The fourth-order valence-electron chi connectivity index (χ4n) is 3.15. The summed E-state index contributed by atoms with van der Waals surface area (Å²) in [6.45, 7) is 0. The van der Waals surface area contributed by atoms with Crippen LogP contribution in [0.25, 0.3) is 5.69 Å². The number of nitrogens with one attached hydrogen (secondary N) is 1. The van der Waals surface area contributed by atoms with E-state index in [1.165, 1.54) is 0 Å². The molecule has 0 radical (unpaired) electrons. The maximum atomic E-state index is 12.3. The topological polar surface area (TPSA) is 56.1 Å². The van der Waals surface area contributed by atoms with E-state index in [0.717, 1.165) is 22.6 Å². The normalized spacial score (nSPS) is 16.2. The second-order valence-corrected chi connectivity index (χ2v) is 6.35. The number of carbonyl (C=O) groups excluding carboxylic acids is 1. The Morgan fingerprint density at radius 2 is 2.04 bits per heavy atom. The lowest BCUT2D eigenvalue weighted by molar-refractivity contribution is -0.116. The number of methoxy groups -OCH3 is 1. The van der Waals surface area contributed by atoms with E-state index in [1.54, 1.807) is 23.9 Å². The summed E-state index contributed by atoms with van der Waals surface area (Å²) in [5.41, 5.74) is 2.87. The minimum atomic E-state index is -0.0556. The summed E-state index contributed by atoms with van der Waals surface area (Å²) in [5, 5.41) is 8.08. The Bertz CT molecular complexity index is 934. The predicted molar refractivity (Wildman–Crippen MR) is 96.7 cm³/mol. The van der Waals surface area contributed by atoms with Crippen molar-refractivity contribution in [1.29, 1.82) is 0 Å². The number of fused-ring (bicyclic) bond motifs is 1. The van der Waals surface area contributed by atoms with Gasteiger partial charge in [-0.05, 0) is 42.0 Å². The number of rotatable bonds is 3. The summed E-state index contributed by atoms with van der Waals surface area (Å²) in [6.07, 6.45) is 2.19. The zero-order valence-electron chi connectivity index (χ0n) is 13.6. The molecule has 2 heterocycles. The third kappa shape index (κ3) is 2.87. The summed E-state index contributed by atoms with van der Waals surface area (Å²) in [6, 6.07) is 15.1. The SMILES string of the molecule is COc1cccc([C@H]2CC(=O)Nc3c2cnn3-c2ccc(Cl)cc2)c1. The van der Waals surface area contributed by atoms with E-state index in [-0.39, 0.29) is 11.8 Å². The molecule has 0 spiro atoms. The second kappa shape index (κ2) is 6.26. The molecular weight excluding hydrogens is 338 g/mol. The van der Waals surface area contributed by atoms with Crippen LogP contribution in [-0.4, -0.2) is 22.8 Å². The fourth-order valence-corrected chi connectivity index (χ4v) is 3.28. The Labute approximate surface area is 150 Å². The standard InChI is InChI=1S/C19H16ClN3O2/c1-25-15-4-2-3-12(9-15)16-10-18(24)22-19-17(16)11-21-23(19)14-7-5-13(20)6-8-14/h2-9,11,16H,10H2,1H3,(H,22,24)/t16-/m1/s1. The first-order chi connectivity index (χ1) is 12.2. The van der Waals surface area contributed by atoms with Crippen LogP contribution in [0.5, 0.6) is 5.75 Å². The lowest BCUT2D eigenvalue weighted by Crippen LogP contribution is -2.24. The highest BCUT2D eigenvalue weighted by Crippen LogP contribution is 2.38. The molecule has 0 aliphatic carbocycles. The van der Waals surface area contributed by atoms with E-state index in [9.17, 15) is 4.79 Å². The van der Waals surface area contributed by atoms with Crippen LogP contribution in [0.2, 0.25) is 5.02 Å². The molecule has 5 nitrogen and oxygen atoms in total. The summed E-state index contributed by atoms with van der Waals surface area (Å²) < 4.78 is 7.04. The Hall–Kier alpha value is -2.79. The number of ether oxygens (including phenoxy) is 1. The average molecular weight is 354 g/mol. The molecule has 1 aliphatic heterocycles. The van der Waals surface area contributed by atoms with Crippen molar-refractivity contribution < 1.29 is 9.53 Å². The van der Waals surface area contributed by atoms with Crippen LogP contribution in [0.4, 0.5) is 5.82 Å². The maximum absolute atomic E-state index is 12.3. The van der Waals surface area contributed by atoms with Crippen LogP contribution in [-0.2, 0) is 4.79 Å². The van der Waals surface area contributed by atoms with Gasteiger partial charge in [0, 0.05) is 22.9 Å². The van der Waals surface area contributed by atoms with Crippen molar-refractivity contribution in [2.45, 2.75) is 12.3 Å². The lowest BCUT2D eigenvalue weighted by Gasteiger charge is -2.24. The smallest absolute Gasteiger partial charge is 0.226 e. The van der Waals surface area contributed by atoms with Crippen LogP contribution in [0.15, 0.2) is 54.7 Å². The Morgan fingerprint density at radius 3 is 2.80 bits per heavy atom. The molecule has 6 heteroatoms. The molecule has 0 bridgehead atoms. The van der Waals surface area contributed by atoms with Gasteiger partial charge in [-0.15, -0.1) is 0 Å². The van der Waals surface area contributed by atoms with Crippen LogP contribution in [0, 0.1) is 0 Å². The Morgan fingerprint density at radius 1 is 1.24 bits per heavy atom. The van der Waals surface area contributed by atoms with Crippen molar-refractivity contribution in [3.8, 4) is 11.4 Å². The molecule has 126 valence electrons. The largest absolute Gasteiger partial charge is 0.497 e. The second-order valence-electron chi connectivity index (χ2n) is 5.92. The van der Waals surface area contributed by atoms with Gasteiger partial charge < -0.3 is 10.1 Å². The van der Waals surface area contributed by atoms with Crippen LogP contribution >= 0.6 is 11.6 Å². The van der Waals surface area contributed by atoms with Crippen LogP contribution in [0.3, 0.4) is 0 Å². The van der Waals surface area contributed by atoms with Crippen LogP contribution < -0.4 is 10.1 Å². The van der Waals surface area contributed by atoms with E-state index in [1.807, 2.05) is 42.6 Å². The number of nitrogens with zero attached hydrogens (tertiary/aromatic N) is 2. The van der Waals surface area contributed by atoms with Crippen molar-refractivity contribution in [3.63, 3.8) is 0 Å². The summed E-state index contributed by atoms with van der Waals surface area (Å²) >= 11 is 5.96. The van der Waals surface area contributed by atoms with E-state index < -0.39 is 0 Å². The van der Waals surface area contributed by atoms with Gasteiger partial charge in [0.25, 0.3) is 0 Å².